The fourth-order valence-electron chi connectivity index (χ4n) is 2.04. The number of aromatic nitrogens is 1. The maximum atomic E-state index is 12.1. The van der Waals surface area contributed by atoms with Gasteiger partial charge in [-0.05, 0) is 5.39 Å². The lowest BCUT2D eigenvalue weighted by atomic mass is 10.1. The zero-order valence-corrected chi connectivity index (χ0v) is 10.4. The largest absolute Gasteiger partial charge is 0.347 e. The summed E-state index contributed by atoms with van der Waals surface area (Å²) in [7, 11) is -0.752. The highest BCUT2D eigenvalue weighted by molar-refractivity contribution is 7.86. The van der Waals surface area contributed by atoms with Gasteiger partial charge in [0.05, 0.1) is 11.6 Å². The highest BCUT2D eigenvalue weighted by Crippen LogP contribution is 2.17. The molecule has 0 saturated carbocycles. The summed E-state index contributed by atoms with van der Waals surface area (Å²) < 4.78 is 11.0. The van der Waals surface area contributed by atoms with Crippen LogP contribution in [0.3, 0.4) is 0 Å². The van der Waals surface area contributed by atoms with E-state index in [-0.39, 0.29) is 11.9 Å². The van der Waals surface area contributed by atoms with Crippen LogP contribution >= 0.6 is 0 Å². The molecule has 4 nitrogen and oxygen atoms in total. The predicted molar refractivity (Wildman–Crippen MR) is 70.9 cm³/mol. The van der Waals surface area contributed by atoms with Crippen molar-refractivity contribution in [1.29, 1.82) is 0 Å². The second kappa shape index (κ2) is 4.49. The van der Waals surface area contributed by atoms with Crippen molar-refractivity contribution in [1.82, 2.24) is 10.3 Å². The van der Waals surface area contributed by atoms with E-state index in [1.165, 1.54) is 0 Å². The van der Waals surface area contributed by atoms with Gasteiger partial charge in [-0.15, -0.1) is 0 Å². The van der Waals surface area contributed by atoms with Gasteiger partial charge in [-0.3, -0.25) is 14.0 Å². The van der Waals surface area contributed by atoms with Crippen molar-refractivity contribution in [3.05, 3.63) is 42.2 Å². The second-order valence-corrected chi connectivity index (χ2v) is 5.90. The van der Waals surface area contributed by atoms with Gasteiger partial charge in [0.1, 0.15) is 0 Å². The molecule has 1 aromatic carbocycles. The van der Waals surface area contributed by atoms with Crippen LogP contribution in [0.2, 0.25) is 0 Å². The Balaban J connectivity index is 1.89. The Labute approximate surface area is 107 Å². The maximum absolute atomic E-state index is 12.1. The van der Waals surface area contributed by atoms with Crippen molar-refractivity contribution >= 4 is 27.5 Å². The van der Waals surface area contributed by atoms with Crippen LogP contribution in [0.1, 0.15) is 10.4 Å². The molecule has 5 heteroatoms. The predicted octanol–water partition coefficient (Wildman–Crippen LogP) is 1.10. The van der Waals surface area contributed by atoms with Gasteiger partial charge in [-0.2, -0.15) is 0 Å². The molecule has 1 aromatic heterocycles. The van der Waals surface area contributed by atoms with Crippen LogP contribution in [-0.2, 0) is 10.8 Å². The molecule has 0 spiro atoms. The number of amides is 1. The minimum Gasteiger partial charge on any atom is -0.347 e. The lowest BCUT2D eigenvalue weighted by molar-refractivity contribution is 0.0943. The Morgan fingerprint density at radius 2 is 2.06 bits per heavy atom. The van der Waals surface area contributed by atoms with Crippen LogP contribution in [-0.4, -0.2) is 32.6 Å². The van der Waals surface area contributed by atoms with Gasteiger partial charge in [0.2, 0.25) is 0 Å². The van der Waals surface area contributed by atoms with E-state index in [2.05, 4.69) is 10.3 Å². The molecule has 1 N–H and O–H groups in total. The van der Waals surface area contributed by atoms with E-state index < -0.39 is 10.8 Å². The van der Waals surface area contributed by atoms with Crippen molar-refractivity contribution < 1.29 is 9.00 Å². The number of rotatable bonds is 2. The van der Waals surface area contributed by atoms with Crippen molar-refractivity contribution in [2.45, 2.75) is 6.04 Å². The Morgan fingerprint density at radius 3 is 2.83 bits per heavy atom. The van der Waals surface area contributed by atoms with Crippen LogP contribution in [0, 0.1) is 0 Å². The van der Waals surface area contributed by atoms with Gasteiger partial charge in [0, 0.05) is 40.1 Å². The minimum absolute atomic E-state index is 0.0392. The monoisotopic (exact) mass is 260 g/mol. The number of pyridine rings is 1. The normalized spacial score (nSPS) is 22.4. The first-order valence-corrected chi connectivity index (χ1v) is 7.21. The first-order chi connectivity index (χ1) is 8.74. The average molecular weight is 260 g/mol. The van der Waals surface area contributed by atoms with Crippen molar-refractivity contribution in [3.8, 4) is 0 Å². The van der Waals surface area contributed by atoms with Crippen LogP contribution in [0.25, 0.3) is 10.8 Å². The van der Waals surface area contributed by atoms with E-state index in [0.717, 1.165) is 10.8 Å². The zero-order chi connectivity index (χ0) is 12.5. The van der Waals surface area contributed by atoms with E-state index in [9.17, 15) is 9.00 Å². The van der Waals surface area contributed by atoms with E-state index in [4.69, 9.17) is 0 Å². The number of nitrogens with one attached hydrogen (secondary N) is 1. The number of benzene rings is 1. The molecule has 0 unspecified atom stereocenters. The molecule has 18 heavy (non-hydrogen) atoms. The Kier molecular flexibility index (Phi) is 2.83. The standard InChI is InChI=1S/C13H12N2O2S/c16-13(15-10-7-18(17)8-10)12-6-14-5-9-3-1-2-4-11(9)12/h1-6,10H,7-8H2,(H,15,16). The lowest BCUT2D eigenvalue weighted by Gasteiger charge is -2.25. The molecule has 0 radical (unpaired) electrons. The average Bonchev–Trinajstić information content (AvgIpc) is 2.36. The summed E-state index contributed by atoms with van der Waals surface area (Å²) in [4.78, 5) is 16.2. The zero-order valence-electron chi connectivity index (χ0n) is 9.63. The summed E-state index contributed by atoms with van der Waals surface area (Å²) in [6.07, 6.45) is 3.32. The van der Waals surface area contributed by atoms with E-state index in [0.29, 0.717) is 17.1 Å². The highest BCUT2D eigenvalue weighted by atomic mass is 32.2. The number of carbonyl (C=O) groups excluding carboxylic acids is 1. The Bertz CT molecular complexity index is 628. The molecule has 2 heterocycles. The topological polar surface area (TPSA) is 59.1 Å². The van der Waals surface area contributed by atoms with Gasteiger partial charge < -0.3 is 5.32 Å². The molecule has 0 atom stereocenters. The summed E-state index contributed by atoms with van der Waals surface area (Å²) in [5.41, 5.74) is 0.575. The summed E-state index contributed by atoms with van der Waals surface area (Å²) in [5, 5.41) is 4.72. The molecule has 0 aliphatic carbocycles. The van der Waals surface area contributed by atoms with Gasteiger partial charge in [-0.1, -0.05) is 24.3 Å². The molecule has 1 amide bonds. The van der Waals surface area contributed by atoms with E-state index in [1.54, 1.807) is 12.4 Å². The quantitative estimate of drug-likeness (QED) is 0.879. The molecule has 1 aliphatic rings. The van der Waals surface area contributed by atoms with Crippen LogP contribution in [0.15, 0.2) is 36.7 Å². The first kappa shape index (κ1) is 11.3. The third-order valence-corrected chi connectivity index (χ3v) is 4.57. The van der Waals surface area contributed by atoms with E-state index in [1.807, 2.05) is 24.3 Å². The van der Waals surface area contributed by atoms with Crippen molar-refractivity contribution in [3.63, 3.8) is 0 Å². The Hall–Kier alpha value is -1.75. The highest BCUT2D eigenvalue weighted by Gasteiger charge is 2.27. The lowest BCUT2D eigenvalue weighted by Crippen LogP contribution is -2.50. The summed E-state index contributed by atoms with van der Waals surface area (Å²) in [5.74, 6) is 0.981. The van der Waals surface area contributed by atoms with Crippen molar-refractivity contribution in [2.24, 2.45) is 0 Å². The van der Waals surface area contributed by atoms with Gasteiger partial charge in [-0.25, -0.2) is 0 Å². The van der Waals surface area contributed by atoms with Crippen molar-refractivity contribution in [2.75, 3.05) is 11.5 Å². The smallest absolute Gasteiger partial charge is 0.253 e. The Morgan fingerprint density at radius 1 is 1.28 bits per heavy atom. The summed E-state index contributed by atoms with van der Waals surface area (Å²) >= 11 is 0. The number of hydrogen-bond donors (Lipinski definition) is 1. The summed E-state index contributed by atoms with van der Waals surface area (Å²) in [6.45, 7) is 0. The molecule has 1 fully saturated rings. The van der Waals surface area contributed by atoms with E-state index >= 15 is 0 Å². The second-order valence-electron chi connectivity index (χ2n) is 4.35. The molecule has 3 rings (SSSR count). The van der Waals surface area contributed by atoms with Gasteiger partial charge >= 0.3 is 0 Å². The minimum atomic E-state index is -0.752. The maximum Gasteiger partial charge on any atom is 0.253 e. The van der Waals surface area contributed by atoms with Crippen LogP contribution < -0.4 is 5.32 Å². The van der Waals surface area contributed by atoms with Gasteiger partial charge in [0.15, 0.2) is 0 Å². The first-order valence-electron chi connectivity index (χ1n) is 5.72. The fraction of sp³-hybridized carbons (Fsp3) is 0.231. The van der Waals surface area contributed by atoms with Crippen LogP contribution in [0.4, 0.5) is 0 Å². The SMILES string of the molecule is O=C(NC1CS(=O)C1)c1cncc2ccccc12. The molecule has 2 aromatic rings. The molecule has 1 aliphatic heterocycles. The van der Waals surface area contributed by atoms with Gasteiger partial charge in [0.25, 0.3) is 5.91 Å². The molecule has 1 saturated heterocycles. The number of carbonyl (C=O) groups is 1. The molecule has 92 valence electrons. The third kappa shape index (κ3) is 2.01. The third-order valence-electron chi connectivity index (χ3n) is 3.02. The molecular formula is C13H12N2O2S. The summed E-state index contributed by atoms with van der Waals surface area (Å²) in [6, 6.07) is 7.69. The number of nitrogens with zero attached hydrogens (tertiary/aromatic N) is 1. The number of hydrogen-bond acceptors (Lipinski definition) is 3. The fourth-order valence-corrected chi connectivity index (χ4v) is 3.01. The number of fused-ring (bicyclic) bond motifs is 1. The van der Waals surface area contributed by atoms with Crippen LogP contribution in [0.5, 0.6) is 0 Å². The molecule has 0 bridgehead atoms. The molecular weight excluding hydrogens is 248 g/mol.